The largest absolute Gasteiger partial charge is 0.495 e. The Morgan fingerprint density at radius 3 is 2.33 bits per heavy atom. The molecule has 0 aliphatic rings. The van der Waals surface area contributed by atoms with Crippen LogP contribution in [0, 0.1) is 0 Å². The quantitative estimate of drug-likeness (QED) is 0.876. The van der Waals surface area contributed by atoms with Crippen LogP contribution in [0.25, 0.3) is 0 Å². The number of carbonyl (C=O) groups is 1. The molecule has 2 N–H and O–H groups in total. The predicted octanol–water partition coefficient (Wildman–Crippen LogP) is 2.51. The average Bonchev–Trinajstić information content (AvgIpc) is 2.27. The number of anilines is 1. The first-order chi connectivity index (χ1) is 8.22. The third-order valence-electron chi connectivity index (χ3n) is 2.49. The highest BCUT2D eigenvalue weighted by Gasteiger charge is 2.57. The molecule has 1 atom stereocenters. The first-order valence-electron chi connectivity index (χ1n) is 4.93. The van der Waals surface area contributed by atoms with Gasteiger partial charge in [-0.05, 0) is 19.1 Å². The number of nitrogens with one attached hydrogen (secondary N) is 1. The fourth-order valence-electron chi connectivity index (χ4n) is 1.26. The van der Waals surface area contributed by atoms with Crippen LogP contribution in [0.15, 0.2) is 24.3 Å². The summed E-state index contributed by atoms with van der Waals surface area (Å²) in [4.78, 5) is 10.8. The number of aliphatic carboxylic acids is 1. The normalized spacial score (nSPS) is 14.7. The smallest absolute Gasteiger partial charge is 0.422 e. The third kappa shape index (κ3) is 2.49. The number of carboxylic acid groups (broad SMARTS) is 1. The molecule has 0 fully saturated rings. The lowest BCUT2D eigenvalue weighted by Crippen LogP contribution is -2.55. The van der Waals surface area contributed by atoms with Crippen molar-refractivity contribution < 1.29 is 27.8 Å². The SMILES string of the molecule is COc1ccccc1NC(C)(C(=O)O)C(F)(F)F. The molecule has 1 unspecified atom stereocenters. The second-order valence-electron chi connectivity index (χ2n) is 3.75. The van der Waals surface area contributed by atoms with Gasteiger partial charge in [0.05, 0.1) is 12.8 Å². The topological polar surface area (TPSA) is 58.6 Å². The molecule has 100 valence electrons. The zero-order chi connectivity index (χ0) is 14.0. The monoisotopic (exact) mass is 263 g/mol. The maximum atomic E-state index is 12.8. The number of alkyl halides is 3. The molecule has 0 saturated heterocycles. The molecule has 0 bridgehead atoms. The molecule has 0 aromatic heterocycles. The summed E-state index contributed by atoms with van der Waals surface area (Å²) in [6.07, 6.45) is -4.94. The van der Waals surface area contributed by atoms with Gasteiger partial charge in [-0.1, -0.05) is 12.1 Å². The molecular formula is C11H12F3NO3. The van der Waals surface area contributed by atoms with E-state index in [1.165, 1.54) is 25.3 Å². The number of hydrogen-bond donors (Lipinski definition) is 2. The number of hydrogen-bond acceptors (Lipinski definition) is 3. The van der Waals surface area contributed by atoms with Gasteiger partial charge in [-0.25, -0.2) is 4.79 Å². The number of para-hydroxylation sites is 2. The molecule has 0 aliphatic heterocycles. The third-order valence-corrected chi connectivity index (χ3v) is 2.49. The Labute approximate surface area is 101 Å². The van der Waals surface area contributed by atoms with Crippen LogP contribution in [0.3, 0.4) is 0 Å². The zero-order valence-electron chi connectivity index (χ0n) is 9.71. The summed E-state index contributed by atoms with van der Waals surface area (Å²) in [6, 6.07) is 5.78. The number of halogens is 3. The minimum Gasteiger partial charge on any atom is -0.495 e. The lowest BCUT2D eigenvalue weighted by atomic mass is 10.0. The summed E-state index contributed by atoms with van der Waals surface area (Å²) in [6.45, 7) is 0.557. The zero-order valence-corrected chi connectivity index (χ0v) is 9.71. The molecule has 0 radical (unpaired) electrons. The standard InChI is InChI=1S/C11H12F3NO3/c1-10(9(16)17,11(12,13)14)15-7-5-3-4-6-8(7)18-2/h3-6,15H,1-2H3,(H,16,17). The lowest BCUT2D eigenvalue weighted by Gasteiger charge is -2.30. The van der Waals surface area contributed by atoms with E-state index in [0.29, 0.717) is 6.92 Å². The summed E-state index contributed by atoms with van der Waals surface area (Å²) in [5.74, 6) is -1.88. The van der Waals surface area contributed by atoms with Gasteiger partial charge < -0.3 is 15.2 Å². The minimum absolute atomic E-state index is 0.0396. The van der Waals surface area contributed by atoms with Gasteiger partial charge >= 0.3 is 12.1 Å². The Morgan fingerprint density at radius 2 is 1.89 bits per heavy atom. The van der Waals surface area contributed by atoms with Crippen LogP contribution in [0.2, 0.25) is 0 Å². The molecule has 1 rings (SSSR count). The summed E-state index contributed by atoms with van der Waals surface area (Å²) in [5, 5.41) is 10.7. The van der Waals surface area contributed by atoms with Crippen molar-refractivity contribution in [1.29, 1.82) is 0 Å². The Kier molecular flexibility index (Phi) is 3.73. The van der Waals surface area contributed by atoms with Gasteiger partial charge in [0.2, 0.25) is 5.54 Å². The number of benzene rings is 1. The molecule has 0 aliphatic carbocycles. The van der Waals surface area contributed by atoms with E-state index >= 15 is 0 Å². The Balaban J connectivity index is 3.17. The van der Waals surface area contributed by atoms with Gasteiger partial charge in [-0.15, -0.1) is 0 Å². The lowest BCUT2D eigenvalue weighted by molar-refractivity contribution is -0.192. The molecule has 0 heterocycles. The minimum atomic E-state index is -4.94. The summed E-state index contributed by atoms with van der Waals surface area (Å²) in [7, 11) is 1.28. The molecule has 0 saturated carbocycles. The number of methoxy groups -OCH3 is 1. The maximum Gasteiger partial charge on any atom is 0.422 e. The molecular weight excluding hydrogens is 251 g/mol. The second-order valence-corrected chi connectivity index (χ2v) is 3.75. The van der Waals surface area contributed by atoms with Crippen LogP contribution in [-0.2, 0) is 4.79 Å². The van der Waals surface area contributed by atoms with Crippen molar-refractivity contribution in [2.75, 3.05) is 12.4 Å². The van der Waals surface area contributed by atoms with Gasteiger partial charge in [0.15, 0.2) is 0 Å². The van der Waals surface area contributed by atoms with Crippen LogP contribution in [0.4, 0.5) is 18.9 Å². The Bertz CT molecular complexity index is 447. The number of ether oxygens (including phenoxy) is 1. The van der Waals surface area contributed by atoms with Gasteiger partial charge in [-0.2, -0.15) is 13.2 Å². The van der Waals surface area contributed by atoms with Crippen molar-refractivity contribution in [3.05, 3.63) is 24.3 Å². The first kappa shape index (κ1) is 14.1. The van der Waals surface area contributed by atoms with Crippen molar-refractivity contribution >= 4 is 11.7 Å². The average molecular weight is 263 g/mol. The molecule has 18 heavy (non-hydrogen) atoms. The number of carboxylic acids is 1. The summed E-state index contributed by atoms with van der Waals surface area (Å²) in [5.41, 5.74) is -3.12. The molecule has 0 spiro atoms. The van der Waals surface area contributed by atoms with E-state index in [9.17, 15) is 18.0 Å². The van der Waals surface area contributed by atoms with E-state index < -0.39 is 17.7 Å². The molecule has 1 aromatic carbocycles. The molecule has 4 nitrogen and oxygen atoms in total. The van der Waals surface area contributed by atoms with Crippen molar-refractivity contribution in [2.45, 2.75) is 18.6 Å². The Morgan fingerprint density at radius 1 is 1.33 bits per heavy atom. The van der Waals surface area contributed by atoms with Gasteiger partial charge in [-0.3, -0.25) is 0 Å². The van der Waals surface area contributed by atoms with Crippen molar-refractivity contribution in [1.82, 2.24) is 0 Å². The highest BCUT2D eigenvalue weighted by atomic mass is 19.4. The fourth-order valence-corrected chi connectivity index (χ4v) is 1.26. The van der Waals surface area contributed by atoms with Crippen LogP contribution < -0.4 is 10.1 Å². The fraction of sp³-hybridized carbons (Fsp3) is 0.364. The van der Waals surface area contributed by atoms with Crippen molar-refractivity contribution in [2.24, 2.45) is 0 Å². The van der Waals surface area contributed by atoms with Crippen LogP contribution in [0.1, 0.15) is 6.92 Å². The van der Waals surface area contributed by atoms with E-state index in [1.54, 1.807) is 6.07 Å². The van der Waals surface area contributed by atoms with Crippen LogP contribution >= 0.6 is 0 Å². The van der Waals surface area contributed by atoms with Gasteiger partial charge in [0, 0.05) is 0 Å². The summed E-state index contributed by atoms with van der Waals surface area (Å²) >= 11 is 0. The van der Waals surface area contributed by atoms with Crippen LogP contribution in [-0.4, -0.2) is 29.9 Å². The van der Waals surface area contributed by atoms with Gasteiger partial charge in [0.1, 0.15) is 5.75 Å². The Hall–Kier alpha value is -1.92. The molecule has 0 amide bonds. The first-order valence-corrected chi connectivity index (χ1v) is 4.93. The second kappa shape index (κ2) is 4.75. The molecule has 7 heteroatoms. The van der Waals surface area contributed by atoms with Gasteiger partial charge in [0.25, 0.3) is 0 Å². The van der Waals surface area contributed by atoms with E-state index in [2.05, 4.69) is 0 Å². The van der Waals surface area contributed by atoms with Crippen LogP contribution in [0.5, 0.6) is 5.75 Å². The van der Waals surface area contributed by atoms with E-state index in [4.69, 9.17) is 9.84 Å². The van der Waals surface area contributed by atoms with Crippen molar-refractivity contribution in [3.8, 4) is 5.75 Å². The highest BCUT2D eigenvalue weighted by Crippen LogP contribution is 2.36. The molecule has 1 aromatic rings. The maximum absolute atomic E-state index is 12.8. The number of rotatable bonds is 4. The van der Waals surface area contributed by atoms with E-state index in [0.717, 1.165) is 0 Å². The predicted molar refractivity (Wildman–Crippen MR) is 58.7 cm³/mol. The summed E-state index contributed by atoms with van der Waals surface area (Å²) < 4.78 is 43.2. The van der Waals surface area contributed by atoms with E-state index in [-0.39, 0.29) is 11.4 Å². The van der Waals surface area contributed by atoms with E-state index in [1.807, 2.05) is 5.32 Å². The van der Waals surface area contributed by atoms with Crippen molar-refractivity contribution in [3.63, 3.8) is 0 Å². The highest BCUT2D eigenvalue weighted by molar-refractivity contribution is 5.84.